The van der Waals surface area contributed by atoms with Crippen LogP contribution in [-0.4, -0.2) is 68.1 Å². The van der Waals surface area contributed by atoms with E-state index in [1.165, 1.54) is 0 Å². The number of rotatable bonds is 8. The molecule has 0 saturated carbocycles. The van der Waals surface area contributed by atoms with Crippen LogP contribution >= 0.6 is 11.3 Å². The molecule has 0 radical (unpaired) electrons. The summed E-state index contributed by atoms with van der Waals surface area (Å²) in [7, 11) is -3.47. The first kappa shape index (κ1) is 24.4. The zero-order valence-electron chi connectivity index (χ0n) is 19.9. The van der Waals surface area contributed by atoms with Gasteiger partial charge in [0.1, 0.15) is 0 Å². The summed E-state index contributed by atoms with van der Waals surface area (Å²) in [5.41, 5.74) is 2.82. The van der Waals surface area contributed by atoms with Crippen molar-refractivity contribution < 1.29 is 13.2 Å². The molecule has 0 N–H and O–H groups in total. The van der Waals surface area contributed by atoms with Crippen LogP contribution in [0.5, 0.6) is 0 Å². The van der Waals surface area contributed by atoms with Crippen molar-refractivity contribution in [2.24, 2.45) is 4.99 Å². The van der Waals surface area contributed by atoms with Gasteiger partial charge in [0.15, 0.2) is 4.80 Å². The maximum atomic E-state index is 13.2. The molecule has 5 rings (SSSR count). The van der Waals surface area contributed by atoms with E-state index in [0.29, 0.717) is 18.0 Å². The summed E-state index contributed by atoms with van der Waals surface area (Å²) in [4.78, 5) is 8.63. The van der Waals surface area contributed by atoms with E-state index in [4.69, 9.17) is 9.73 Å². The number of thiazole rings is 1. The highest BCUT2D eigenvalue weighted by Gasteiger charge is 2.27. The van der Waals surface area contributed by atoms with Crippen molar-refractivity contribution in [3.05, 3.63) is 64.8 Å². The molecule has 2 aliphatic heterocycles. The zero-order chi connectivity index (χ0) is 24.1. The lowest BCUT2D eigenvalue weighted by atomic mass is 10.1. The van der Waals surface area contributed by atoms with Gasteiger partial charge in [0.05, 0.1) is 29.5 Å². The van der Waals surface area contributed by atoms with Gasteiger partial charge in [-0.05, 0) is 43.5 Å². The third-order valence-corrected chi connectivity index (χ3v) is 9.33. The fraction of sp³-hybridized carbons (Fsp3) is 0.423. The van der Waals surface area contributed by atoms with Crippen LogP contribution in [0.15, 0.2) is 69.9 Å². The minimum Gasteiger partial charge on any atom is -0.379 e. The Morgan fingerprint density at radius 1 is 0.914 bits per heavy atom. The van der Waals surface area contributed by atoms with Gasteiger partial charge in [-0.25, -0.2) is 13.4 Å². The van der Waals surface area contributed by atoms with Crippen LogP contribution in [0.1, 0.15) is 19.3 Å². The molecule has 7 nitrogen and oxygen atoms in total. The predicted octanol–water partition coefficient (Wildman–Crippen LogP) is 3.96. The molecule has 2 saturated heterocycles. The predicted molar refractivity (Wildman–Crippen MR) is 139 cm³/mol. The Kier molecular flexibility index (Phi) is 7.79. The Morgan fingerprint density at radius 2 is 1.69 bits per heavy atom. The van der Waals surface area contributed by atoms with Gasteiger partial charge in [0, 0.05) is 50.2 Å². The van der Waals surface area contributed by atoms with E-state index < -0.39 is 10.0 Å². The Labute approximate surface area is 211 Å². The number of aromatic nitrogens is 1. The number of sulfonamides is 1. The van der Waals surface area contributed by atoms with Crippen LogP contribution in [0.4, 0.5) is 5.69 Å². The van der Waals surface area contributed by atoms with E-state index in [0.717, 1.165) is 80.4 Å². The van der Waals surface area contributed by atoms with E-state index >= 15 is 0 Å². The quantitative estimate of drug-likeness (QED) is 0.458. The Hall–Kier alpha value is -2.30. The van der Waals surface area contributed by atoms with Gasteiger partial charge >= 0.3 is 0 Å². The van der Waals surface area contributed by atoms with Crippen molar-refractivity contribution >= 4 is 27.0 Å². The highest BCUT2D eigenvalue weighted by atomic mass is 32.2. The van der Waals surface area contributed by atoms with Crippen molar-refractivity contribution in [3.63, 3.8) is 0 Å². The van der Waals surface area contributed by atoms with Crippen LogP contribution in [0, 0.1) is 0 Å². The normalized spacial score (nSPS) is 18.3. The van der Waals surface area contributed by atoms with Crippen molar-refractivity contribution in [1.29, 1.82) is 0 Å². The van der Waals surface area contributed by atoms with Gasteiger partial charge < -0.3 is 9.30 Å². The molecule has 0 atom stereocenters. The van der Waals surface area contributed by atoms with Gasteiger partial charge in [-0.15, -0.1) is 11.3 Å². The summed E-state index contributed by atoms with van der Waals surface area (Å²) >= 11 is 1.59. The SMILES string of the molecule is O=S(=O)(c1cccc(-c2csc(=Nc3ccccc3)n2CCCN2CCOCC2)c1)N1CCCC1. The van der Waals surface area contributed by atoms with Gasteiger partial charge in [-0.1, -0.05) is 30.3 Å². The second-order valence-electron chi connectivity index (χ2n) is 8.95. The van der Waals surface area contributed by atoms with E-state index in [1.807, 2.05) is 48.5 Å². The summed E-state index contributed by atoms with van der Waals surface area (Å²) in [6.07, 6.45) is 2.84. The summed E-state index contributed by atoms with van der Waals surface area (Å²) in [6, 6.07) is 17.3. The van der Waals surface area contributed by atoms with Crippen LogP contribution in [-0.2, 0) is 21.3 Å². The topological polar surface area (TPSA) is 67.1 Å². The third kappa shape index (κ3) is 5.76. The molecular weight excluding hydrogens is 480 g/mol. The Balaban J connectivity index is 1.47. The molecule has 2 aromatic carbocycles. The minimum atomic E-state index is -3.47. The standard InChI is InChI=1S/C26H32N4O3S2/c31-35(32,29-13-4-5-14-29)24-11-6-8-22(20-24)25-21-34-26(27-23-9-2-1-3-10-23)30(25)15-7-12-28-16-18-33-19-17-28/h1-3,6,8-11,20-21H,4-5,7,12-19H2. The minimum absolute atomic E-state index is 0.365. The van der Waals surface area contributed by atoms with E-state index in [2.05, 4.69) is 14.8 Å². The van der Waals surface area contributed by atoms with Crippen LogP contribution in [0.2, 0.25) is 0 Å². The second kappa shape index (κ2) is 11.2. The summed E-state index contributed by atoms with van der Waals surface area (Å²) in [5.74, 6) is 0. The van der Waals surface area contributed by atoms with Crippen molar-refractivity contribution in [1.82, 2.24) is 13.8 Å². The number of para-hydroxylation sites is 1. The first-order valence-electron chi connectivity index (χ1n) is 12.3. The molecule has 1 aromatic heterocycles. The Bertz CT molecular complexity index is 1290. The molecule has 0 aliphatic carbocycles. The molecule has 9 heteroatoms. The molecule has 0 bridgehead atoms. The number of benzene rings is 2. The number of hydrogen-bond donors (Lipinski definition) is 0. The molecular formula is C26H32N4O3S2. The summed E-state index contributed by atoms with van der Waals surface area (Å²) in [6.45, 7) is 6.55. The molecule has 2 fully saturated rings. The molecule has 186 valence electrons. The number of nitrogens with zero attached hydrogens (tertiary/aromatic N) is 4. The molecule has 0 amide bonds. The average molecular weight is 513 g/mol. The monoisotopic (exact) mass is 512 g/mol. The van der Waals surface area contributed by atoms with E-state index in [9.17, 15) is 8.42 Å². The lowest BCUT2D eigenvalue weighted by Gasteiger charge is -2.26. The Morgan fingerprint density at radius 3 is 2.46 bits per heavy atom. The fourth-order valence-corrected chi connectivity index (χ4v) is 7.17. The molecule has 0 unspecified atom stereocenters. The van der Waals surface area contributed by atoms with Crippen molar-refractivity contribution in [2.75, 3.05) is 45.9 Å². The zero-order valence-corrected chi connectivity index (χ0v) is 21.5. The fourth-order valence-electron chi connectivity index (χ4n) is 4.65. The van der Waals surface area contributed by atoms with Crippen LogP contribution in [0.3, 0.4) is 0 Å². The van der Waals surface area contributed by atoms with Crippen LogP contribution < -0.4 is 4.80 Å². The largest absolute Gasteiger partial charge is 0.379 e. The van der Waals surface area contributed by atoms with Gasteiger partial charge in [0.25, 0.3) is 0 Å². The molecule has 2 aliphatic rings. The third-order valence-electron chi connectivity index (χ3n) is 6.57. The lowest BCUT2D eigenvalue weighted by molar-refractivity contribution is 0.0369. The smallest absolute Gasteiger partial charge is 0.243 e. The van der Waals surface area contributed by atoms with Gasteiger partial charge in [0.2, 0.25) is 10.0 Å². The van der Waals surface area contributed by atoms with Crippen LogP contribution in [0.25, 0.3) is 11.3 Å². The molecule has 0 spiro atoms. The van der Waals surface area contributed by atoms with Gasteiger partial charge in [-0.2, -0.15) is 4.31 Å². The summed E-state index contributed by atoms with van der Waals surface area (Å²) < 4.78 is 35.7. The molecule has 3 aromatic rings. The first-order valence-corrected chi connectivity index (χ1v) is 14.6. The number of hydrogen-bond acceptors (Lipinski definition) is 6. The van der Waals surface area contributed by atoms with Gasteiger partial charge in [-0.3, -0.25) is 4.90 Å². The first-order chi connectivity index (χ1) is 17.1. The van der Waals surface area contributed by atoms with Crippen molar-refractivity contribution in [3.8, 4) is 11.3 Å². The average Bonchev–Trinajstić information content (AvgIpc) is 3.57. The van der Waals surface area contributed by atoms with Crippen molar-refractivity contribution in [2.45, 2.75) is 30.7 Å². The molecule has 35 heavy (non-hydrogen) atoms. The van der Waals surface area contributed by atoms with E-state index in [-0.39, 0.29) is 0 Å². The molecule has 3 heterocycles. The number of ether oxygens (including phenoxy) is 1. The highest BCUT2D eigenvalue weighted by Crippen LogP contribution is 2.27. The number of morpholine rings is 1. The highest BCUT2D eigenvalue weighted by molar-refractivity contribution is 7.89. The van der Waals surface area contributed by atoms with E-state index in [1.54, 1.807) is 21.7 Å². The maximum absolute atomic E-state index is 13.2. The lowest BCUT2D eigenvalue weighted by Crippen LogP contribution is -2.37. The summed E-state index contributed by atoms with van der Waals surface area (Å²) in [5, 5.41) is 2.10. The maximum Gasteiger partial charge on any atom is 0.243 e. The second-order valence-corrected chi connectivity index (χ2v) is 11.7.